The van der Waals surface area contributed by atoms with Gasteiger partial charge in [-0.25, -0.2) is 0 Å². The standard InChI is InChI=1S/C25H40O2.C4H10O.C2H6O.C2H6/c1-24-12-3-2-4-19(24)7-8-20-22(24)11-13-25-14-18(6-5-17(15-26)16-27)21(25)9-10-23(20)25;1-4(2,3)5;1-2-3;1-2/h15,17-23,27H,2-14,16H2,1H3;5H,1-3H3;3H,2H2,1H3;1-2H3/t17?,18-,19?,20?,21?,22?,23?,24-,25?;;;/m0.../s1. The van der Waals surface area contributed by atoms with Gasteiger partial charge in [0.05, 0.1) is 12.2 Å². The maximum absolute atomic E-state index is 11.1. The summed E-state index contributed by atoms with van der Waals surface area (Å²) in [4.78, 5) is 11.1. The second-order valence-corrected chi connectivity index (χ2v) is 14.0. The van der Waals surface area contributed by atoms with Crippen LogP contribution in [0.1, 0.15) is 132 Å². The van der Waals surface area contributed by atoms with E-state index >= 15 is 0 Å². The molecule has 0 radical (unpaired) electrons. The smallest absolute Gasteiger partial charge is 0.125 e. The first kappa shape index (κ1) is 32.8. The van der Waals surface area contributed by atoms with Gasteiger partial charge in [-0.15, -0.1) is 0 Å². The Morgan fingerprint density at radius 2 is 1.54 bits per heavy atom. The summed E-state index contributed by atoms with van der Waals surface area (Å²) in [5.74, 6) is 5.80. The Bertz CT molecular complexity index is 666. The molecule has 9 atom stereocenters. The predicted molar refractivity (Wildman–Crippen MR) is 154 cm³/mol. The van der Waals surface area contributed by atoms with Gasteiger partial charge in [0.25, 0.3) is 0 Å². The van der Waals surface area contributed by atoms with E-state index in [0.717, 1.165) is 48.2 Å². The Kier molecular flexibility index (Phi) is 12.6. The Morgan fingerprint density at radius 3 is 2.14 bits per heavy atom. The molecule has 4 nitrogen and oxygen atoms in total. The summed E-state index contributed by atoms with van der Waals surface area (Å²) in [5, 5.41) is 25.4. The third-order valence-corrected chi connectivity index (χ3v) is 10.9. The van der Waals surface area contributed by atoms with Gasteiger partial charge in [-0.2, -0.15) is 0 Å². The van der Waals surface area contributed by atoms with Gasteiger partial charge in [0, 0.05) is 12.5 Å². The van der Waals surface area contributed by atoms with Crippen molar-refractivity contribution in [3.63, 3.8) is 0 Å². The highest BCUT2D eigenvalue weighted by molar-refractivity contribution is 5.53. The molecule has 7 unspecified atom stereocenters. The van der Waals surface area contributed by atoms with Crippen LogP contribution >= 0.6 is 0 Å². The van der Waals surface area contributed by atoms with Gasteiger partial charge in [0.1, 0.15) is 6.29 Å². The zero-order valence-electron chi connectivity index (χ0n) is 25.5. The highest BCUT2D eigenvalue weighted by atomic mass is 16.3. The van der Waals surface area contributed by atoms with E-state index in [-0.39, 0.29) is 19.1 Å². The normalized spacial score (nSPS) is 40.2. The Hall–Kier alpha value is -0.450. The summed E-state index contributed by atoms with van der Waals surface area (Å²) >= 11 is 0. The van der Waals surface area contributed by atoms with Crippen molar-refractivity contribution in [1.82, 2.24) is 0 Å². The van der Waals surface area contributed by atoms with Gasteiger partial charge >= 0.3 is 0 Å². The van der Waals surface area contributed by atoms with Crippen molar-refractivity contribution in [3.05, 3.63) is 0 Å². The van der Waals surface area contributed by atoms with E-state index in [1.807, 2.05) is 13.8 Å². The third-order valence-electron chi connectivity index (χ3n) is 10.9. The highest BCUT2D eigenvalue weighted by Crippen LogP contribution is 2.74. The zero-order chi connectivity index (χ0) is 27.9. The van der Waals surface area contributed by atoms with Gasteiger partial charge in [0.15, 0.2) is 0 Å². The summed E-state index contributed by atoms with van der Waals surface area (Å²) in [6, 6.07) is 0. The molecule has 5 saturated carbocycles. The van der Waals surface area contributed by atoms with Crippen molar-refractivity contribution in [2.75, 3.05) is 13.2 Å². The number of aliphatic hydroxyl groups excluding tert-OH is 2. The molecule has 0 aromatic rings. The van der Waals surface area contributed by atoms with Crippen LogP contribution in [0, 0.1) is 52.3 Å². The number of hydrogen-bond donors (Lipinski definition) is 3. The van der Waals surface area contributed by atoms with Crippen LogP contribution in [-0.4, -0.2) is 40.4 Å². The van der Waals surface area contributed by atoms with E-state index in [0.29, 0.717) is 10.8 Å². The van der Waals surface area contributed by atoms with Crippen LogP contribution in [0.25, 0.3) is 0 Å². The van der Waals surface area contributed by atoms with Crippen LogP contribution in [0.3, 0.4) is 0 Å². The minimum atomic E-state index is -0.500. The van der Waals surface area contributed by atoms with Crippen LogP contribution in [-0.2, 0) is 4.79 Å². The summed E-state index contributed by atoms with van der Waals surface area (Å²) in [7, 11) is 0. The molecule has 0 saturated heterocycles. The van der Waals surface area contributed by atoms with E-state index in [1.54, 1.807) is 27.7 Å². The number of rotatable bonds is 5. The van der Waals surface area contributed by atoms with E-state index < -0.39 is 5.60 Å². The molecule has 0 amide bonds. The summed E-state index contributed by atoms with van der Waals surface area (Å²) < 4.78 is 0. The second kappa shape index (κ2) is 14.3. The molecular weight excluding hydrogens is 460 g/mol. The molecule has 5 rings (SSSR count). The minimum Gasteiger partial charge on any atom is -0.397 e. The fraction of sp³-hybridized carbons (Fsp3) is 0.970. The molecule has 0 heterocycles. The van der Waals surface area contributed by atoms with Gasteiger partial charge in [0.2, 0.25) is 0 Å². The van der Waals surface area contributed by atoms with Crippen molar-refractivity contribution in [2.24, 2.45) is 52.3 Å². The van der Waals surface area contributed by atoms with Crippen LogP contribution in [0.5, 0.6) is 0 Å². The molecule has 218 valence electrons. The van der Waals surface area contributed by atoms with E-state index in [4.69, 9.17) is 10.2 Å². The average molecular weight is 523 g/mol. The molecule has 4 heteroatoms. The first-order chi connectivity index (χ1) is 17.5. The highest BCUT2D eigenvalue weighted by Gasteiger charge is 2.66. The number of aliphatic hydroxyl groups is 3. The van der Waals surface area contributed by atoms with Crippen molar-refractivity contribution in [2.45, 2.75) is 138 Å². The molecule has 0 aliphatic heterocycles. The van der Waals surface area contributed by atoms with Crippen molar-refractivity contribution in [1.29, 1.82) is 0 Å². The Labute approximate surface area is 229 Å². The minimum absolute atomic E-state index is 0.0398. The molecule has 5 aliphatic rings. The lowest BCUT2D eigenvalue weighted by Crippen LogP contribution is -2.57. The van der Waals surface area contributed by atoms with Gasteiger partial charge in [-0.05, 0) is 145 Å². The third kappa shape index (κ3) is 7.40. The van der Waals surface area contributed by atoms with Crippen molar-refractivity contribution in [3.8, 4) is 0 Å². The SMILES string of the molecule is CC.CC(C)(C)O.CCO.C[C@]12CCCCC1CCC1C3CCC4[C@@H](CCC(C=O)CO)CC34CCC12. The molecule has 0 bridgehead atoms. The molecule has 5 fully saturated rings. The average Bonchev–Trinajstić information content (AvgIpc) is 3.14. The maximum atomic E-state index is 11.1. The number of aldehydes is 1. The molecule has 0 aromatic heterocycles. The molecule has 5 aliphatic carbocycles. The van der Waals surface area contributed by atoms with Crippen molar-refractivity contribution < 1.29 is 20.1 Å². The molecular formula is C33H62O4. The lowest BCUT2D eigenvalue weighted by molar-refractivity contribution is -0.161. The van der Waals surface area contributed by atoms with Gasteiger partial charge < -0.3 is 20.1 Å². The van der Waals surface area contributed by atoms with Gasteiger partial charge in [-0.3, -0.25) is 0 Å². The molecule has 0 aromatic carbocycles. The first-order valence-corrected chi connectivity index (χ1v) is 15.9. The van der Waals surface area contributed by atoms with Crippen LogP contribution in [0.4, 0.5) is 0 Å². The molecule has 3 N–H and O–H groups in total. The largest absolute Gasteiger partial charge is 0.397 e. The predicted octanol–water partition coefficient (Wildman–Crippen LogP) is 7.43. The zero-order valence-corrected chi connectivity index (χ0v) is 25.5. The number of carbonyl (C=O) groups excluding carboxylic acids is 1. The first-order valence-electron chi connectivity index (χ1n) is 15.9. The molecule has 1 spiro atoms. The van der Waals surface area contributed by atoms with E-state index in [1.165, 1.54) is 77.0 Å². The summed E-state index contributed by atoms with van der Waals surface area (Å²) in [6.45, 7) is 13.9. The Morgan fingerprint density at radius 1 is 0.919 bits per heavy atom. The summed E-state index contributed by atoms with van der Waals surface area (Å²) in [5.41, 5.74) is 0.863. The number of carbonyl (C=O) groups is 1. The van der Waals surface area contributed by atoms with Crippen LogP contribution in [0.2, 0.25) is 0 Å². The number of hydrogen-bond acceptors (Lipinski definition) is 4. The van der Waals surface area contributed by atoms with Gasteiger partial charge in [-0.1, -0.05) is 33.6 Å². The van der Waals surface area contributed by atoms with Crippen molar-refractivity contribution >= 4 is 6.29 Å². The topological polar surface area (TPSA) is 77.8 Å². The fourth-order valence-corrected chi connectivity index (χ4v) is 9.66. The summed E-state index contributed by atoms with van der Waals surface area (Å²) in [6.07, 6.45) is 19.6. The lowest BCUT2D eigenvalue weighted by atomic mass is 9.40. The quantitative estimate of drug-likeness (QED) is 0.328. The maximum Gasteiger partial charge on any atom is 0.125 e. The van der Waals surface area contributed by atoms with E-state index in [9.17, 15) is 9.90 Å². The van der Waals surface area contributed by atoms with E-state index in [2.05, 4.69) is 6.92 Å². The van der Waals surface area contributed by atoms with Crippen LogP contribution < -0.4 is 0 Å². The monoisotopic (exact) mass is 522 g/mol. The lowest BCUT2D eigenvalue weighted by Gasteiger charge is -2.65. The Balaban J connectivity index is 0.000000420. The number of fused-ring (bicyclic) bond motifs is 4. The fourth-order valence-electron chi connectivity index (χ4n) is 9.66. The second-order valence-electron chi connectivity index (χ2n) is 14.0. The molecule has 37 heavy (non-hydrogen) atoms. The van der Waals surface area contributed by atoms with Crippen LogP contribution in [0.15, 0.2) is 0 Å².